The fourth-order valence-corrected chi connectivity index (χ4v) is 4.82. The fraction of sp³-hybridized carbons (Fsp3) is 0.625. The Morgan fingerprint density at radius 2 is 1.81 bits per heavy atom. The first kappa shape index (κ1) is 16.5. The van der Waals surface area contributed by atoms with Gasteiger partial charge in [-0.05, 0) is 56.5 Å². The molecule has 0 aromatic heterocycles. The normalized spacial score (nSPS) is 16.8. The van der Waals surface area contributed by atoms with Crippen LogP contribution in [0, 0.1) is 13.8 Å². The van der Waals surface area contributed by atoms with E-state index in [0.29, 0.717) is 11.4 Å². The van der Waals surface area contributed by atoms with Gasteiger partial charge in [0, 0.05) is 19.6 Å². The predicted octanol–water partition coefficient (Wildman–Crippen LogP) is 2.59. The van der Waals surface area contributed by atoms with E-state index >= 15 is 0 Å². The lowest BCUT2D eigenvalue weighted by Gasteiger charge is -2.25. The molecule has 1 aliphatic carbocycles. The third-order valence-corrected chi connectivity index (χ3v) is 6.55. The molecular weight excluding hydrogens is 284 g/mol. The SMILES string of the molecule is CNCc1cc(S(=O)(=O)N(C)C2CCCC2)c(C)cc1C. The zero-order chi connectivity index (χ0) is 15.6. The number of hydrogen-bond acceptors (Lipinski definition) is 3. The van der Waals surface area contributed by atoms with Crippen molar-refractivity contribution in [3.8, 4) is 0 Å². The predicted molar refractivity (Wildman–Crippen MR) is 85.9 cm³/mol. The minimum Gasteiger partial charge on any atom is -0.316 e. The highest BCUT2D eigenvalue weighted by atomic mass is 32.2. The summed E-state index contributed by atoms with van der Waals surface area (Å²) < 4.78 is 27.4. The molecule has 1 aromatic carbocycles. The average Bonchev–Trinajstić information content (AvgIpc) is 2.94. The summed E-state index contributed by atoms with van der Waals surface area (Å²) in [6.07, 6.45) is 4.21. The molecular formula is C16H26N2O2S. The van der Waals surface area contributed by atoms with E-state index in [1.807, 2.05) is 33.0 Å². The quantitative estimate of drug-likeness (QED) is 0.909. The van der Waals surface area contributed by atoms with E-state index in [4.69, 9.17) is 0 Å². The van der Waals surface area contributed by atoms with Crippen molar-refractivity contribution >= 4 is 10.0 Å². The minimum atomic E-state index is -3.41. The molecule has 0 bridgehead atoms. The van der Waals surface area contributed by atoms with Gasteiger partial charge < -0.3 is 5.32 Å². The monoisotopic (exact) mass is 310 g/mol. The summed E-state index contributed by atoms with van der Waals surface area (Å²) in [6.45, 7) is 4.59. The Labute approximate surface area is 128 Å². The molecule has 21 heavy (non-hydrogen) atoms. The summed E-state index contributed by atoms with van der Waals surface area (Å²) >= 11 is 0. The van der Waals surface area contributed by atoms with Crippen molar-refractivity contribution in [1.82, 2.24) is 9.62 Å². The molecule has 118 valence electrons. The first-order valence-electron chi connectivity index (χ1n) is 7.60. The van der Waals surface area contributed by atoms with Crippen molar-refractivity contribution in [2.45, 2.75) is 57.0 Å². The fourth-order valence-electron chi connectivity index (χ4n) is 3.15. The summed E-state index contributed by atoms with van der Waals surface area (Å²) in [5, 5.41) is 3.10. The first-order chi connectivity index (χ1) is 9.87. The number of nitrogens with one attached hydrogen (secondary N) is 1. The van der Waals surface area contributed by atoms with Gasteiger partial charge in [0.25, 0.3) is 0 Å². The molecule has 0 unspecified atom stereocenters. The van der Waals surface area contributed by atoms with Gasteiger partial charge in [0.05, 0.1) is 4.90 Å². The molecule has 0 amide bonds. The Morgan fingerprint density at radius 3 is 2.38 bits per heavy atom. The van der Waals surface area contributed by atoms with Crippen LogP contribution in [0.3, 0.4) is 0 Å². The second-order valence-corrected chi connectivity index (χ2v) is 8.00. The average molecular weight is 310 g/mol. The summed E-state index contributed by atoms with van der Waals surface area (Å²) in [5.41, 5.74) is 3.00. The molecule has 0 spiro atoms. The first-order valence-corrected chi connectivity index (χ1v) is 9.04. The highest BCUT2D eigenvalue weighted by Gasteiger charge is 2.31. The zero-order valence-corrected chi connectivity index (χ0v) is 14.3. The van der Waals surface area contributed by atoms with E-state index in [-0.39, 0.29) is 6.04 Å². The molecule has 1 aromatic rings. The van der Waals surface area contributed by atoms with Crippen LogP contribution in [0.15, 0.2) is 17.0 Å². The number of nitrogens with zero attached hydrogens (tertiary/aromatic N) is 1. The number of benzene rings is 1. The summed E-state index contributed by atoms with van der Waals surface area (Å²) in [5.74, 6) is 0. The van der Waals surface area contributed by atoms with Crippen LogP contribution in [-0.4, -0.2) is 32.9 Å². The van der Waals surface area contributed by atoms with Crippen molar-refractivity contribution < 1.29 is 8.42 Å². The maximum Gasteiger partial charge on any atom is 0.243 e. The molecule has 0 aliphatic heterocycles. The lowest BCUT2D eigenvalue weighted by molar-refractivity contribution is 0.372. The summed E-state index contributed by atoms with van der Waals surface area (Å²) in [7, 11) is 0.193. The van der Waals surface area contributed by atoms with Gasteiger partial charge in [-0.25, -0.2) is 8.42 Å². The molecule has 0 atom stereocenters. The Kier molecular flexibility index (Phi) is 5.07. The maximum atomic E-state index is 12.9. The van der Waals surface area contributed by atoms with Gasteiger partial charge in [0.1, 0.15) is 0 Å². The maximum absolute atomic E-state index is 12.9. The highest BCUT2D eigenvalue weighted by molar-refractivity contribution is 7.89. The summed E-state index contributed by atoms with van der Waals surface area (Å²) in [4.78, 5) is 0.452. The second kappa shape index (κ2) is 6.46. The van der Waals surface area contributed by atoms with E-state index in [0.717, 1.165) is 42.4 Å². The molecule has 1 N–H and O–H groups in total. The molecule has 4 nitrogen and oxygen atoms in total. The van der Waals surface area contributed by atoms with Gasteiger partial charge in [-0.2, -0.15) is 4.31 Å². The molecule has 1 aliphatic rings. The molecule has 0 heterocycles. The van der Waals surface area contributed by atoms with Crippen molar-refractivity contribution in [1.29, 1.82) is 0 Å². The van der Waals surface area contributed by atoms with Crippen molar-refractivity contribution in [3.63, 3.8) is 0 Å². The molecule has 1 fully saturated rings. The number of aryl methyl sites for hydroxylation is 2. The van der Waals surface area contributed by atoms with Crippen molar-refractivity contribution in [2.24, 2.45) is 0 Å². The van der Waals surface area contributed by atoms with Crippen LogP contribution >= 0.6 is 0 Å². The van der Waals surface area contributed by atoms with Crippen LogP contribution < -0.4 is 5.32 Å². The molecule has 0 radical (unpaired) electrons. The number of rotatable bonds is 5. The zero-order valence-electron chi connectivity index (χ0n) is 13.4. The Hall–Kier alpha value is -0.910. The van der Waals surface area contributed by atoms with E-state index in [1.54, 1.807) is 11.4 Å². The van der Waals surface area contributed by atoms with Crippen LogP contribution in [0.5, 0.6) is 0 Å². The molecule has 0 saturated heterocycles. The molecule has 5 heteroatoms. The Morgan fingerprint density at radius 1 is 1.19 bits per heavy atom. The lowest BCUT2D eigenvalue weighted by atomic mass is 10.1. The van der Waals surface area contributed by atoms with Crippen LogP contribution in [0.4, 0.5) is 0 Å². The number of sulfonamides is 1. The highest BCUT2D eigenvalue weighted by Crippen LogP contribution is 2.29. The third-order valence-electron chi connectivity index (χ3n) is 4.50. The van der Waals surface area contributed by atoms with Gasteiger partial charge in [-0.1, -0.05) is 18.9 Å². The lowest BCUT2D eigenvalue weighted by Crippen LogP contribution is -2.35. The number of hydrogen-bond donors (Lipinski definition) is 1. The molecule has 1 saturated carbocycles. The van der Waals surface area contributed by atoms with E-state index in [9.17, 15) is 8.42 Å². The van der Waals surface area contributed by atoms with Gasteiger partial charge >= 0.3 is 0 Å². The van der Waals surface area contributed by atoms with Crippen LogP contribution in [-0.2, 0) is 16.6 Å². The minimum absolute atomic E-state index is 0.156. The van der Waals surface area contributed by atoms with Gasteiger partial charge in [0.15, 0.2) is 0 Å². The Balaban J connectivity index is 2.41. The smallest absolute Gasteiger partial charge is 0.243 e. The third kappa shape index (κ3) is 3.30. The van der Waals surface area contributed by atoms with E-state index in [1.165, 1.54) is 0 Å². The second-order valence-electron chi connectivity index (χ2n) is 6.03. The van der Waals surface area contributed by atoms with Gasteiger partial charge in [0.2, 0.25) is 10.0 Å². The van der Waals surface area contributed by atoms with Crippen LogP contribution in [0.1, 0.15) is 42.4 Å². The van der Waals surface area contributed by atoms with Gasteiger partial charge in [-0.15, -0.1) is 0 Å². The summed E-state index contributed by atoms with van der Waals surface area (Å²) in [6, 6.07) is 3.97. The van der Waals surface area contributed by atoms with Crippen LogP contribution in [0.2, 0.25) is 0 Å². The van der Waals surface area contributed by atoms with Crippen LogP contribution in [0.25, 0.3) is 0 Å². The van der Waals surface area contributed by atoms with E-state index < -0.39 is 10.0 Å². The van der Waals surface area contributed by atoms with Gasteiger partial charge in [-0.3, -0.25) is 0 Å². The molecule has 2 rings (SSSR count). The van der Waals surface area contributed by atoms with Crippen molar-refractivity contribution in [2.75, 3.05) is 14.1 Å². The van der Waals surface area contributed by atoms with Crippen molar-refractivity contribution in [3.05, 3.63) is 28.8 Å². The largest absolute Gasteiger partial charge is 0.316 e. The van der Waals surface area contributed by atoms with E-state index in [2.05, 4.69) is 5.32 Å². The Bertz CT molecular complexity index is 605. The topological polar surface area (TPSA) is 49.4 Å². The standard InChI is InChI=1S/C16H26N2O2S/c1-12-9-13(2)16(10-14(12)11-17-3)21(19,20)18(4)15-7-5-6-8-15/h9-10,15,17H,5-8,11H2,1-4H3.